The molecule has 1 N–H and O–H groups in total. The van der Waals surface area contributed by atoms with E-state index < -0.39 is 0 Å². The SMILES string of the molecule is C=C(C)c1ccc2c(c1)OC(C)c1cc(Nc3cnc4c(c3)N(C(=O)C3CC3)CCO4)ncc1-2. The Morgan fingerprint density at radius 2 is 2.00 bits per heavy atom. The largest absolute Gasteiger partial charge is 0.485 e. The van der Waals surface area contributed by atoms with Crippen LogP contribution in [0.1, 0.15) is 43.9 Å². The quantitative estimate of drug-likeness (QED) is 0.560. The number of nitrogens with one attached hydrogen (secondary N) is 1. The van der Waals surface area contributed by atoms with Gasteiger partial charge in [-0.25, -0.2) is 9.97 Å². The average Bonchev–Trinajstić information content (AvgIpc) is 3.69. The van der Waals surface area contributed by atoms with Crippen molar-refractivity contribution in [2.45, 2.75) is 32.8 Å². The molecule has 3 aliphatic rings. The van der Waals surface area contributed by atoms with E-state index in [4.69, 9.17) is 9.47 Å². The molecule has 1 aliphatic carbocycles. The molecule has 172 valence electrons. The third-order valence-corrected chi connectivity index (χ3v) is 6.58. The molecule has 7 nitrogen and oxygen atoms in total. The van der Waals surface area contributed by atoms with E-state index in [1.165, 1.54) is 0 Å². The van der Waals surface area contributed by atoms with Gasteiger partial charge in [-0.15, -0.1) is 0 Å². The lowest BCUT2D eigenvalue weighted by molar-refractivity contribution is -0.120. The zero-order valence-corrected chi connectivity index (χ0v) is 19.3. The van der Waals surface area contributed by atoms with Gasteiger partial charge in [-0.2, -0.15) is 0 Å². The van der Waals surface area contributed by atoms with E-state index in [2.05, 4.69) is 34.0 Å². The van der Waals surface area contributed by atoms with Gasteiger partial charge in [-0.3, -0.25) is 4.79 Å². The molecule has 1 atom stereocenters. The van der Waals surface area contributed by atoms with Crippen LogP contribution in [0.2, 0.25) is 0 Å². The molecule has 0 radical (unpaired) electrons. The lowest BCUT2D eigenvalue weighted by Crippen LogP contribution is -2.39. The number of carbonyl (C=O) groups is 1. The normalized spacial score (nSPS) is 18.1. The van der Waals surface area contributed by atoms with Gasteiger partial charge in [0.25, 0.3) is 0 Å². The molecule has 1 fully saturated rings. The molecule has 0 spiro atoms. The highest BCUT2D eigenvalue weighted by Crippen LogP contribution is 2.44. The van der Waals surface area contributed by atoms with Crippen LogP contribution in [0.15, 0.2) is 49.3 Å². The lowest BCUT2D eigenvalue weighted by Gasteiger charge is -2.29. The summed E-state index contributed by atoms with van der Waals surface area (Å²) in [6.45, 7) is 9.07. The third kappa shape index (κ3) is 3.57. The Bertz CT molecular complexity index is 1330. The van der Waals surface area contributed by atoms with Crippen LogP contribution in [0.25, 0.3) is 16.7 Å². The number of pyridine rings is 2. The predicted molar refractivity (Wildman–Crippen MR) is 132 cm³/mol. The van der Waals surface area contributed by atoms with Crippen LogP contribution in [0.3, 0.4) is 0 Å². The highest BCUT2D eigenvalue weighted by atomic mass is 16.5. The second-order valence-corrected chi connectivity index (χ2v) is 9.19. The number of ether oxygens (including phenoxy) is 2. The first kappa shape index (κ1) is 20.7. The molecule has 2 aliphatic heterocycles. The Hall–Kier alpha value is -3.87. The Morgan fingerprint density at radius 1 is 1.15 bits per heavy atom. The van der Waals surface area contributed by atoms with Gasteiger partial charge in [-0.05, 0) is 56.5 Å². The summed E-state index contributed by atoms with van der Waals surface area (Å²) in [5.74, 6) is 2.34. The highest BCUT2D eigenvalue weighted by molar-refractivity contribution is 5.98. The number of nitrogens with zero attached hydrogens (tertiary/aromatic N) is 3. The zero-order valence-electron chi connectivity index (χ0n) is 19.3. The number of hydrogen-bond donors (Lipinski definition) is 1. The van der Waals surface area contributed by atoms with Crippen LogP contribution in [-0.2, 0) is 4.79 Å². The van der Waals surface area contributed by atoms with E-state index in [-0.39, 0.29) is 17.9 Å². The van der Waals surface area contributed by atoms with Crippen LogP contribution in [0.4, 0.5) is 17.2 Å². The predicted octanol–water partition coefficient (Wildman–Crippen LogP) is 5.51. The minimum Gasteiger partial charge on any atom is -0.485 e. The van der Waals surface area contributed by atoms with Crippen molar-refractivity contribution in [2.24, 2.45) is 5.92 Å². The molecule has 4 heterocycles. The van der Waals surface area contributed by atoms with E-state index in [0.29, 0.717) is 30.5 Å². The standard InChI is InChI=1S/C27H26N4O3/c1-15(2)18-6-7-20-22-14-28-25(12-21(22)16(3)34-24(20)10-18)30-19-11-23-26(29-13-19)33-9-8-31(23)27(32)17-4-5-17/h6-7,10-14,16-17H,1,4-5,8-9H2,2-3H3,(H,28,30). The van der Waals surface area contributed by atoms with Gasteiger partial charge in [0.15, 0.2) is 0 Å². The summed E-state index contributed by atoms with van der Waals surface area (Å²) in [6.07, 6.45) is 5.41. The van der Waals surface area contributed by atoms with Crippen LogP contribution >= 0.6 is 0 Å². The molecule has 7 heteroatoms. The number of rotatable bonds is 4. The smallest absolute Gasteiger partial charge is 0.238 e. The number of anilines is 3. The first-order chi connectivity index (χ1) is 16.5. The molecular weight excluding hydrogens is 428 g/mol. The number of benzene rings is 1. The average molecular weight is 455 g/mol. The van der Waals surface area contributed by atoms with Gasteiger partial charge >= 0.3 is 0 Å². The summed E-state index contributed by atoms with van der Waals surface area (Å²) in [4.78, 5) is 23.6. The van der Waals surface area contributed by atoms with Crippen molar-refractivity contribution in [3.05, 3.63) is 60.4 Å². The topological polar surface area (TPSA) is 76.6 Å². The van der Waals surface area contributed by atoms with Crippen molar-refractivity contribution in [3.8, 4) is 22.8 Å². The monoisotopic (exact) mass is 454 g/mol. The maximum Gasteiger partial charge on any atom is 0.238 e. The molecule has 2 aromatic heterocycles. The highest BCUT2D eigenvalue weighted by Gasteiger charge is 2.36. The fraction of sp³-hybridized carbons (Fsp3) is 0.296. The van der Waals surface area contributed by atoms with Crippen molar-refractivity contribution in [1.82, 2.24) is 9.97 Å². The fourth-order valence-corrected chi connectivity index (χ4v) is 4.56. The lowest BCUT2D eigenvalue weighted by atomic mass is 9.93. The first-order valence-electron chi connectivity index (χ1n) is 11.7. The van der Waals surface area contributed by atoms with Crippen LogP contribution in [-0.4, -0.2) is 29.0 Å². The third-order valence-electron chi connectivity index (χ3n) is 6.58. The number of carbonyl (C=O) groups excluding carboxylic acids is 1. The summed E-state index contributed by atoms with van der Waals surface area (Å²) in [5.41, 5.74) is 6.69. The zero-order chi connectivity index (χ0) is 23.4. The van der Waals surface area contributed by atoms with Crippen LogP contribution in [0, 0.1) is 5.92 Å². The van der Waals surface area contributed by atoms with Crippen molar-refractivity contribution in [3.63, 3.8) is 0 Å². The molecule has 6 rings (SSSR count). The van der Waals surface area contributed by atoms with Gasteiger partial charge < -0.3 is 19.7 Å². The van der Waals surface area contributed by atoms with Gasteiger partial charge in [0.05, 0.1) is 18.4 Å². The second kappa shape index (κ2) is 7.87. The second-order valence-electron chi connectivity index (χ2n) is 9.19. The molecular formula is C27H26N4O3. The maximum absolute atomic E-state index is 12.7. The fourth-order valence-electron chi connectivity index (χ4n) is 4.56. The van der Waals surface area contributed by atoms with Crippen molar-refractivity contribution in [1.29, 1.82) is 0 Å². The molecule has 1 aromatic carbocycles. The van der Waals surface area contributed by atoms with Crippen molar-refractivity contribution in [2.75, 3.05) is 23.4 Å². The van der Waals surface area contributed by atoms with E-state index in [0.717, 1.165) is 52.1 Å². The summed E-state index contributed by atoms with van der Waals surface area (Å²) >= 11 is 0. The number of fused-ring (bicyclic) bond motifs is 4. The number of aromatic nitrogens is 2. The minimum absolute atomic E-state index is 0.117. The summed E-state index contributed by atoms with van der Waals surface area (Å²) in [7, 11) is 0. The number of amides is 1. The summed E-state index contributed by atoms with van der Waals surface area (Å²) in [6, 6.07) is 10.1. The van der Waals surface area contributed by atoms with Crippen molar-refractivity contribution >= 4 is 28.7 Å². The summed E-state index contributed by atoms with van der Waals surface area (Å²) in [5, 5.41) is 3.34. The van der Waals surface area contributed by atoms with E-state index in [9.17, 15) is 4.79 Å². The Labute approximate surface area is 198 Å². The van der Waals surface area contributed by atoms with Gasteiger partial charge in [0, 0.05) is 28.8 Å². The minimum atomic E-state index is -0.117. The summed E-state index contributed by atoms with van der Waals surface area (Å²) < 4.78 is 11.9. The van der Waals surface area contributed by atoms with E-state index >= 15 is 0 Å². The molecule has 1 unspecified atom stereocenters. The molecule has 1 saturated carbocycles. The molecule has 0 saturated heterocycles. The van der Waals surface area contributed by atoms with Crippen LogP contribution in [0.5, 0.6) is 11.6 Å². The number of allylic oxidation sites excluding steroid dienone is 1. The Kier molecular flexibility index (Phi) is 4.79. The first-order valence-corrected chi connectivity index (χ1v) is 11.7. The molecule has 0 bridgehead atoms. The van der Waals surface area contributed by atoms with E-state index in [1.807, 2.05) is 38.2 Å². The number of hydrogen-bond acceptors (Lipinski definition) is 6. The van der Waals surface area contributed by atoms with Gasteiger partial charge in [0.2, 0.25) is 11.8 Å². The Balaban J connectivity index is 1.30. The van der Waals surface area contributed by atoms with Gasteiger partial charge in [-0.1, -0.05) is 18.2 Å². The van der Waals surface area contributed by atoms with Crippen molar-refractivity contribution < 1.29 is 14.3 Å². The van der Waals surface area contributed by atoms with E-state index in [1.54, 1.807) is 11.1 Å². The Morgan fingerprint density at radius 3 is 2.79 bits per heavy atom. The maximum atomic E-state index is 12.7. The van der Waals surface area contributed by atoms with Gasteiger partial charge in [0.1, 0.15) is 30.0 Å². The molecule has 34 heavy (non-hydrogen) atoms. The molecule has 1 amide bonds. The van der Waals surface area contributed by atoms with Crippen LogP contribution < -0.4 is 19.7 Å². The molecule has 3 aromatic rings.